The van der Waals surface area contributed by atoms with Gasteiger partial charge in [0.05, 0.1) is 37.5 Å². The van der Waals surface area contributed by atoms with Crippen molar-refractivity contribution in [1.29, 1.82) is 0 Å². The van der Waals surface area contributed by atoms with Crippen LogP contribution < -0.4 is 10.1 Å². The van der Waals surface area contributed by atoms with Crippen molar-refractivity contribution >= 4 is 77.1 Å². The van der Waals surface area contributed by atoms with Crippen molar-refractivity contribution in [2.75, 3.05) is 39.6 Å². The maximum Gasteiger partial charge on any atom is 0.303 e. The van der Waals surface area contributed by atoms with Gasteiger partial charge in [-0.15, -0.1) is 5.10 Å². The van der Waals surface area contributed by atoms with Crippen molar-refractivity contribution in [3.05, 3.63) is 80.7 Å². The number of hydrogen-bond donors (Lipinski definition) is 1. The zero-order chi connectivity index (χ0) is 74.4. The Morgan fingerprint density at radius 1 is 0.515 bits per heavy atom. The Bertz CT molecular complexity index is 3430. The highest BCUT2D eigenvalue weighted by atomic mass is 16.8. The highest BCUT2D eigenvalue weighted by Crippen LogP contribution is 2.39. The molecule has 2 aromatic carbocycles. The fourth-order valence-electron chi connectivity index (χ4n) is 10.8. The molecule has 101 heavy (non-hydrogen) atoms. The van der Waals surface area contributed by atoms with Crippen LogP contribution in [-0.2, 0) is 153 Å². The van der Waals surface area contributed by atoms with E-state index in [0.29, 0.717) is 22.4 Å². The second kappa shape index (κ2) is 38.2. The fourth-order valence-corrected chi connectivity index (χ4v) is 10.8. The van der Waals surface area contributed by atoms with Crippen LogP contribution in [0.2, 0.25) is 0 Å². The van der Waals surface area contributed by atoms with Crippen LogP contribution in [0.1, 0.15) is 115 Å². The van der Waals surface area contributed by atoms with E-state index in [0.717, 1.165) is 74.8 Å². The average molecular weight is 1430 g/mol. The van der Waals surface area contributed by atoms with Crippen LogP contribution in [0.15, 0.2) is 42.6 Å². The maximum atomic E-state index is 13.3. The number of hydrogen-bond acceptors (Lipinski definition) is 34. The maximum absolute atomic E-state index is 13.3. The lowest BCUT2D eigenvalue weighted by atomic mass is 9.95. The Kier molecular flexibility index (Phi) is 30.4. The molecule has 0 aliphatic carbocycles. The summed E-state index contributed by atoms with van der Waals surface area (Å²) in [6.07, 6.45) is -26.3. The van der Waals surface area contributed by atoms with Gasteiger partial charge in [0.1, 0.15) is 68.4 Å². The lowest BCUT2D eigenvalue weighted by molar-refractivity contribution is -0.384. The third kappa shape index (κ3) is 24.9. The summed E-state index contributed by atoms with van der Waals surface area (Å²) in [5.41, 5.74) is 2.63. The number of nitro benzene ring substituents is 1. The van der Waals surface area contributed by atoms with E-state index in [2.05, 4.69) is 15.6 Å². The molecule has 3 unspecified atom stereocenters. The number of nitrogens with zero attached hydrogens (tertiary/aromatic N) is 4. The van der Waals surface area contributed by atoms with E-state index in [9.17, 15) is 67.6 Å². The van der Waals surface area contributed by atoms with Gasteiger partial charge in [-0.3, -0.25) is 67.6 Å². The molecule has 3 saturated heterocycles. The summed E-state index contributed by atoms with van der Waals surface area (Å²) in [6, 6.07) is 9.31. The van der Waals surface area contributed by atoms with Crippen LogP contribution in [0.4, 0.5) is 5.69 Å². The molecule has 0 saturated carbocycles. The van der Waals surface area contributed by atoms with Crippen LogP contribution in [0, 0.1) is 24.0 Å². The highest BCUT2D eigenvalue weighted by molar-refractivity contribution is 5.98. The first-order valence-electron chi connectivity index (χ1n) is 31.5. The molecule has 6 rings (SSSR count). The number of aromatic nitrogens is 3. The molecule has 3 aromatic rings. The van der Waals surface area contributed by atoms with Crippen molar-refractivity contribution in [3.63, 3.8) is 0 Å². The van der Waals surface area contributed by atoms with Crippen molar-refractivity contribution < 1.29 is 148 Å². The number of amides is 1. The summed E-state index contributed by atoms with van der Waals surface area (Å²) in [5.74, 6) is -9.92. The van der Waals surface area contributed by atoms with E-state index in [1.54, 1.807) is 38.1 Å². The molecule has 1 N–H and O–H groups in total. The number of aryl methyl sites for hydroxylation is 2. The molecular formula is C64H81N5O32. The standard InChI is InChI=1S/C64H81N5O32/c1-31-23-44(24-32(2)52(31)88-26-43-13-15-46(16-14-43)69(82)83)47(80)17-18-51(81)65-19-21-84-22-20-68-25-45(66-67-68)27-89-62-59(94-40(10)77)57(92-38(8)75)54(49(97-62)29-86-34(4)71)100-64-61(96-42(12)79)58(93-39(9)76)55(50(99-64)30-87-35(5)72)101-63-60(95-41(11)78)56(91-37(7)74)53(90-36(6)73)48(98-63)28-85-33(3)70/h13-16,23-25,48-50,53-64H,17-22,26-30H2,1-12H3,(H,65,81)/t48-,49-,50-,53-,54-,55-,56+,57+,58+,59-,60-,61-,62?,63?,64?/m1/s1. The van der Waals surface area contributed by atoms with Gasteiger partial charge in [-0.25, -0.2) is 4.68 Å². The third-order valence-corrected chi connectivity index (χ3v) is 14.7. The quantitative estimate of drug-likeness (QED) is 0.0223. The molecule has 0 spiro atoms. The van der Waals surface area contributed by atoms with Gasteiger partial charge in [0.15, 0.2) is 67.4 Å². The minimum Gasteiger partial charge on any atom is -0.488 e. The van der Waals surface area contributed by atoms with Crippen molar-refractivity contribution in [3.8, 4) is 5.75 Å². The molecule has 4 heterocycles. The molecular weight excluding hydrogens is 1350 g/mol. The molecule has 3 aliphatic rings. The van der Waals surface area contributed by atoms with Gasteiger partial charge in [-0.1, -0.05) is 5.21 Å². The minimum absolute atomic E-state index is 0.0426. The normalized spacial score (nSPS) is 24.6. The summed E-state index contributed by atoms with van der Waals surface area (Å²) in [7, 11) is 0. The van der Waals surface area contributed by atoms with Crippen LogP contribution >= 0.6 is 0 Å². The van der Waals surface area contributed by atoms with Crippen molar-refractivity contribution in [1.82, 2.24) is 20.3 Å². The van der Waals surface area contributed by atoms with Gasteiger partial charge >= 0.3 is 59.7 Å². The van der Waals surface area contributed by atoms with Gasteiger partial charge in [-0.2, -0.15) is 0 Å². The van der Waals surface area contributed by atoms with Crippen LogP contribution in [-0.4, -0.2) is 223 Å². The Morgan fingerprint density at radius 3 is 1.38 bits per heavy atom. The first-order valence-corrected chi connectivity index (χ1v) is 31.5. The zero-order valence-corrected chi connectivity index (χ0v) is 57.3. The van der Waals surface area contributed by atoms with Crippen LogP contribution in [0.3, 0.4) is 0 Å². The van der Waals surface area contributed by atoms with Crippen molar-refractivity contribution in [2.45, 2.75) is 208 Å². The summed E-state index contributed by atoms with van der Waals surface area (Å²) in [6.45, 7) is 11.2. The number of Topliss-reactive ketones (excluding diaryl/α,β-unsaturated/α-hetero) is 1. The first kappa shape index (κ1) is 80.3. The second-order valence-corrected chi connectivity index (χ2v) is 23.1. The number of carbonyl (C=O) groups is 12. The zero-order valence-electron chi connectivity index (χ0n) is 57.3. The number of nitrogens with one attached hydrogen (secondary N) is 1. The molecule has 1 amide bonds. The number of carbonyl (C=O) groups excluding carboxylic acids is 12. The van der Waals surface area contributed by atoms with E-state index >= 15 is 0 Å². The summed E-state index contributed by atoms with van der Waals surface area (Å²) in [5, 5.41) is 21.9. The molecule has 554 valence electrons. The Hall–Kier alpha value is -9.66. The second-order valence-electron chi connectivity index (χ2n) is 23.1. The molecule has 37 heteroatoms. The van der Waals surface area contributed by atoms with Gasteiger partial charge in [0.25, 0.3) is 5.69 Å². The summed E-state index contributed by atoms with van der Waals surface area (Å²) >= 11 is 0. The number of ketones is 1. The van der Waals surface area contributed by atoms with Crippen LogP contribution in [0.5, 0.6) is 5.75 Å². The van der Waals surface area contributed by atoms with E-state index in [-0.39, 0.29) is 68.8 Å². The molecule has 0 bridgehead atoms. The lowest BCUT2D eigenvalue weighted by Gasteiger charge is -2.50. The largest absolute Gasteiger partial charge is 0.488 e. The smallest absolute Gasteiger partial charge is 0.303 e. The fraction of sp³-hybridized carbons (Fsp3) is 0.594. The number of rotatable bonds is 34. The molecule has 3 fully saturated rings. The predicted molar refractivity (Wildman–Crippen MR) is 330 cm³/mol. The lowest BCUT2D eigenvalue weighted by Crippen LogP contribution is -2.69. The monoisotopic (exact) mass is 1430 g/mol. The Morgan fingerprint density at radius 2 is 0.931 bits per heavy atom. The average Bonchev–Trinajstić information content (AvgIpc) is 1.19. The molecule has 1 aromatic heterocycles. The minimum atomic E-state index is -2.10. The van der Waals surface area contributed by atoms with Gasteiger partial charge in [-0.05, 0) is 54.8 Å². The highest BCUT2D eigenvalue weighted by Gasteiger charge is 2.60. The van der Waals surface area contributed by atoms with E-state index in [1.165, 1.54) is 23.0 Å². The van der Waals surface area contributed by atoms with Crippen molar-refractivity contribution in [2.24, 2.45) is 0 Å². The van der Waals surface area contributed by atoms with Gasteiger partial charge in [0.2, 0.25) is 5.91 Å². The Labute approximate surface area is 577 Å². The van der Waals surface area contributed by atoms with Crippen LogP contribution in [0.25, 0.3) is 0 Å². The number of non-ortho nitro benzene ring substituents is 1. The Balaban J connectivity index is 1.16. The third-order valence-electron chi connectivity index (χ3n) is 14.7. The van der Waals surface area contributed by atoms with Gasteiger partial charge in [0, 0.05) is 106 Å². The predicted octanol–water partition coefficient (Wildman–Crippen LogP) is 1.85. The molecule has 37 nitrogen and oxygen atoms in total. The van der Waals surface area contributed by atoms with E-state index in [1.807, 2.05) is 0 Å². The number of benzene rings is 2. The summed E-state index contributed by atoms with van der Waals surface area (Å²) in [4.78, 5) is 164. The topological polar surface area (TPSA) is 457 Å². The van der Waals surface area contributed by atoms with E-state index < -0.39 is 183 Å². The summed E-state index contributed by atoms with van der Waals surface area (Å²) < 4.78 is 107. The number of nitro groups is 1. The first-order chi connectivity index (χ1) is 47.8. The SMILES string of the molecule is CC(=O)OC[C@H]1OC(O[C@H]2[C@H](OC(C)=O)[C@@H](OC(C)=O)C(O[C@H]3[C@H](OC(C)=O)[C@@H](OC(C)=O)C(OCc4cn(CCOCCNC(=O)CCC(=O)c5cc(C)c(OCc6ccc([N+](=O)[O-])cc6)c(C)c5)nn4)O[C@@H]3COC(C)=O)O[C@@H]2COC(C)=O)[C@H](OC(C)=O)[C@@H](OC(C)=O)[C@@H]1OC(C)=O. The molecule has 3 aliphatic heterocycles. The molecule has 0 radical (unpaired) electrons. The van der Waals surface area contributed by atoms with Gasteiger partial charge < -0.3 is 90.6 Å². The molecule has 15 atom stereocenters. The number of ether oxygens (including phenoxy) is 18. The van der Waals surface area contributed by atoms with E-state index in [4.69, 9.17) is 85.3 Å². The number of esters is 10.